The highest BCUT2D eigenvalue weighted by Crippen LogP contribution is 1.92. The van der Waals surface area contributed by atoms with E-state index in [1.165, 1.54) is 5.69 Å². The Morgan fingerprint density at radius 2 is 2.43 bits per heavy atom. The number of aryl methyl sites for hydroxylation is 2. The zero-order valence-electron chi connectivity index (χ0n) is 4.60. The van der Waals surface area contributed by atoms with Crippen molar-refractivity contribution in [3.05, 3.63) is 24.0 Å². The molecule has 1 aromatic rings. The molecule has 0 atom stereocenters. The largest absolute Gasteiger partial charge is 0.347 e. The van der Waals surface area contributed by atoms with Crippen LogP contribution in [0.15, 0.2) is 12.1 Å². The topological polar surface area (TPSA) is 4.93 Å². The van der Waals surface area contributed by atoms with E-state index in [4.69, 9.17) is 0 Å². The molecular formula is C6H8N. The Morgan fingerprint density at radius 1 is 1.71 bits per heavy atom. The first-order chi connectivity index (χ1) is 3.30. The van der Waals surface area contributed by atoms with E-state index in [2.05, 4.69) is 13.1 Å². The normalized spacial score (nSPS) is 9.43. The van der Waals surface area contributed by atoms with Gasteiger partial charge < -0.3 is 4.57 Å². The van der Waals surface area contributed by atoms with Gasteiger partial charge in [-0.2, -0.15) is 0 Å². The van der Waals surface area contributed by atoms with Crippen LogP contribution in [0, 0.1) is 13.1 Å². The Hall–Kier alpha value is -0.720. The van der Waals surface area contributed by atoms with E-state index < -0.39 is 0 Å². The van der Waals surface area contributed by atoms with Crippen LogP contribution < -0.4 is 0 Å². The molecule has 0 bridgehead atoms. The lowest BCUT2D eigenvalue weighted by atomic mass is 10.5. The lowest BCUT2D eigenvalue weighted by Gasteiger charge is -1.88. The van der Waals surface area contributed by atoms with Gasteiger partial charge in [-0.1, -0.05) is 0 Å². The van der Waals surface area contributed by atoms with E-state index >= 15 is 0 Å². The van der Waals surface area contributed by atoms with Gasteiger partial charge in [0, 0.05) is 12.7 Å². The number of rotatable bonds is 0. The minimum atomic E-state index is 1.25. The first-order valence-corrected chi connectivity index (χ1v) is 2.31. The number of aromatic nitrogens is 1. The molecule has 37 valence electrons. The van der Waals surface area contributed by atoms with Crippen molar-refractivity contribution in [3.8, 4) is 0 Å². The third-order valence-corrected chi connectivity index (χ3v) is 1.12. The molecule has 0 aliphatic heterocycles. The minimum Gasteiger partial charge on any atom is -0.347 e. The van der Waals surface area contributed by atoms with Crippen LogP contribution in [-0.4, -0.2) is 4.57 Å². The van der Waals surface area contributed by atoms with Crippen LogP contribution in [-0.2, 0) is 7.05 Å². The van der Waals surface area contributed by atoms with Gasteiger partial charge in [-0.15, -0.1) is 0 Å². The molecule has 0 amide bonds. The van der Waals surface area contributed by atoms with E-state index in [9.17, 15) is 0 Å². The third-order valence-electron chi connectivity index (χ3n) is 1.12. The second-order valence-corrected chi connectivity index (χ2v) is 1.66. The van der Waals surface area contributed by atoms with Gasteiger partial charge in [0.05, 0.1) is 6.20 Å². The van der Waals surface area contributed by atoms with Gasteiger partial charge in [0.2, 0.25) is 0 Å². The second-order valence-electron chi connectivity index (χ2n) is 1.66. The zero-order valence-corrected chi connectivity index (χ0v) is 4.60. The minimum absolute atomic E-state index is 1.25. The van der Waals surface area contributed by atoms with Crippen LogP contribution >= 0.6 is 0 Å². The molecule has 1 rings (SSSR count). The van der Waals surface area contributed by atoms with Crippen LogP contribution in [0.4, 0.5) is 0 Å². The lowest BCUT2D eigenvalue weighted by molar-refractivity contribution is 0.875. The van der Waals surface area contributed by atoms with Crippen molar-refractivity contribution < 1.29 is 0 Å². The first kappa shape index (κ1) is 4.44. The Morgan fingerprint density at radius 3 is 2.57 bits per heavy atom. The van der Waals surface area contributed by atoms with Crippen LogP contribution in [0.25, 0.3) is 0 Å². The lowest BCUT2D eigenvalue weighted by Crippen LogP contribution is -1.85. The van der Waals surface area contributed by atoms with Crippen LogP contribution in [0.5, 0.6) is 0 Å². The summed E-state index contributed by atoms with van der Waals surface area (Å²) in [6.07, 6.45) is 2.98. The summed E-state index contributed by atoms with van der Waals surface area (Å²) >= 11 is 0. The van der Waals surface area contributed by atoms with Gasteiger partial charge >= 0.3 is 0 Å². The van der Waals surface area contributed by atoms with E-state index in [0.29, 0.717) is 0 Å². The Bertz CT molecular complexity index is 136. The van der Waals surface area contributed by atoms with Gasteiger partial charge in [0.25, 0.3) is 0 Å². The quantitative estimate of drug-likeness (QED) is 0.454. The van der Waals surface area contributed by atoms with E-state index in [1.807, 2.05) is 23.7 Å². The van der Waals surface area contributed by atoms with E-state index in [-0.39, 0.29) is 0 Å². The molecule has 1 radical (unpaired) electrons. The van der Waals surface area contributed by atoms with Crippen molar-refractivity contribution in [2.24, 2.45) is 7.05 Å². The van der Waals surface area contributed by atoms with Gasteiger partial charge in [-0.25, -0.2) is 0 Å². The Labute approximate surface area is 43.6 Å². The Kier molecular flexibility index (Phi) is 0.895. The summed E-state index contributed by atoms with van der Waals surface area (Å²) in [5, 5.41) is 0. The summed E-state index contributed by atoms with van der Waals surface area (Å²) in [5.74, 6) is 0. The molecule has 1 heteroatoms. The summed E-state index contributed by atoms with van der Waals surface area (Å²) in [4.78, 5) is 0. The maximum absolute atomic E-state index is 2.98. The SMILES string of the molecule is Cc1cc[c]n1C. The van der Waals surface area contributed by atoms with Crippen molar-refractivity contribution in [1.29, 1.82) is 0 Å². The summed E-state index contributed by atoms with van der Waals surface area (Å²) in [6.45, 7) is 2.05. The van der Waals surface area contributed by atoms with Crippen molar-refractivity contribution >= 4 is 0 Å². The van der Waals surface area contributed by atoms with Crippen LogP contribution in [0.1, 0.15) is 5.69 Å². The summed E-state index contributed by atoms with van der Waals surface area (Å²) in [5.41, 5.74) is 1.25. The molecule has 1 aromatic heterocycles. The van der Waals surface area contributed by atoms with Crippen molar-refractivity contribution in [2.75, 3.05) is 0 Å². The van der Waals surface area contributed by atoms with Crippen molar-refractivity contribution in [2.45, 2.75) is 6.92 Å². The number of hydrogen-bond acceptors (Lipinski definition) is 0. The molecule has 1 nitrogen and oxygen atoms in total. The second kappa shape index (κ2) is 1.41. The van der Waals surface area contributed by atoms with E-state index in [1.54, 1.807) is 0 Å². The molecular weight excluding hydrogens is 86.1 g/mol. The first-order valence-electron chi connectivity index (χ1n) is 2.31. The smallest absolute Gasteiger partial charge is 0.0647 e. The van der Waals surface area contributed by atoms with Crippen molar-refractivity contribution in [3.63, 3.8) is 0 Å². The molecule has 0 aliphatic rings. The molecule has 0 fully saturated rings. The molecule has 0 aromatic carbocycles. The van der Waals surface area contributed by atoms with Gasteiger partial charge in [0.1, 0.15) is 0 Å². The van der Waals surface area contributed by atoms with Gasteiger partial charge in [-0.05, 0) is 19.1 Å². The Balaban J connectivity index is 3.12. The highest BCUT2D eigenvalue weighted by atomic mass is 14.9. The predicted octanol–water partition coefficient (Wildman–Crippen LogP) is 1.13. The maximum Gasteiger partial charge on any atom is 0.0647 e. The molecule has 0 spiro atoms. The fourth-order valence-corrected chi connectivity index (χ4v) is 0.483. The fourth-order valence-electron chi connectivity index (χ4n) is 0.483. The molecule has 0 saturated heterocycles. The highest BCUT2D eigenvalue weighted by Gasteiger charge is 1.83. The van der Waals surface area contributed by atoms with Gasteiger partial charge in [0.15, 0.2) is 0 Å². The van der Waals surface area contributed by atoms with E-state index in [0.717, 1.165) is 0 Å². The van der Waals surface area contributed by atoms with Crippen molar-refractivity contribution in [1.82, 2.24) is 4.57 Å². The number of nitrogens with zero attached hydrogens (tertiary/aromatic N) is 1. The highest BCUT2D eigenvalue weighted by molar-refractivity contribution is 5.01. The monoisotopic (exact) mass is 94.1 g/mol. The summed E-state index contributed by atoms with van der Waals surface area (Å²) < 4.78 is 1.96. The average Bonchev–Trinajstić information content (AvgIpc) is 1.91. The molecule has 0 unspecified atom stereocenters. The molecule has 0 aliphatic carbocycles. The average molecular weight is 94.1 g/mol. The molecule has 0 saturated carbocycles. The predicted molar refractivity (Wildman–Crippen MR) is 29.0 cm³/mol. The summed E-state index contributed by atoms with van der Waals surface area (Å²) in [7, 11) is 1.98. The molecule has 0 N–H and O–H groups in total. The molecule has 1 heterocycles. The fraction of sp³-hybridized carbons (Fsp3) is 0.333. The van der Waals surface area contributed by atoms with Crippen LogP contribution in [0.3, 0.4) is 0 Å². The van der Waals surface area contributed by atoms with Crippen LogP contribution in [0.2, 0.25) is 0 Å². The molecule has 7 heavy (non-hydrogen) atoms. The third kappa shape index (κ3) is 0.660. The maximum atomic E-state index is 2.98. The zero-order chi connectivity index (χ0) is 5.28. The summed E-state index contributed by atoms with van der Waals surface area (Å²) in [6, 6.07) is 3.94. The number of hydrogen-bond donors (Lipinski definition) is 0. The standard InChI is InChI=1S/C6H8N/c1-6-4-3-5-7(6)2/h3-4H,1-2H3. The van der Waals surface area contributed by atoms with Gasteiger partial charge in [-0.3, -0.25) is 0 Å².